The molecule has 0 amide bonds. The lowest BCUT2D eigenvalue weighted by Crippen LogP contribution is -2.10. The zero-order valence-corrected chi connectivity index (χ0v) is 13.5. The predicted octanol–water partition coefficient (Wildman–Crippen LogP) is 3.50. The molecule has 2 aromatic carbocycles. The van der Waals surface area contributed by atoms with E-state index in [2.05, 4.69) is 4.98 Å². The lowest BCUT2D eigenvalue weighted by atomic mass is 10.1. The summed E-state index contributed by atoms with van der Waals surface area (Å²) in [5.74, 6) is 0.505. The molecule has 0 aliphatic carbocycles. The van der Waals surface area contributed by atoms with Crippen molar-refractivity contribution in [3.63, 3.8) is 0 Å². The zero-order valence-electron chi connectivity index (χ0n) is 12.7. The number of hydrogen-bond donors (Lipinski definition) is 1. The van der Waals surface area contributed by atoms with Crippen LogP contribution < -0.4 is 4.74 Å². The molecule has 3 rings (SSSR count). The number of hydrogen-bond acceptors (Lipinski definition) is 5. The minimum absolute atomic E-state index is 0.0446. The summed E-state index contributed by atoms with van der Waals surface area (Å²) in [4.78, 5) is 25.6. The zero-order chi connectivity index (χ0) is 17.3. The lowest BCUT2D eigenvalue weighted by Gasteiger charge is -2.05. The normalized spacial score (nSPS) is 10.7. The standard InChI is InChI=1S/C16H13N3O4S/c1-23-12-6-7-14-13(8-12)17-16(24)18(14)9-15(20)10-2-4-11(5-3-10)19(21)22/h2-8H,9H2,1H3,(H,17,24). The first-order valence-electron chi connectivity index (χ1n) is 7.04. The number of H-pyrrole nitrogens is 1. The van der Waals surface area contributed by atoms with Crippen molar-refractivity contribution in [1.29, 1.82) is 0 Å². The van der Waals surface area contributed by atoms with E-state index in [4.69, 9.17) is 17.0 Å². The van der Waals surface area contributed by atoms with E-state index in [1.165, 1.54) is 24.3 Å². The molecule has 0 aliphatic rings. The molecule has 7 nitrogen and oxygen atoms in total. The Morgan fingerprint density at radius 1 is 1.29 bits per heavy atom. The molecular weight excluding hydrogens is 330 g/mol. The Kier molecular flexibility index (Phi) is 4.13. The second-order valence-electron chi connectivity index (χ2n) is 5.13. The average Bonchev–Trinajstić information content (AvgIpc) is 2.89. The van der Waals surface area contributed by atoms with Crippen molar-refractivity contribution in [3.05, 3.63) is 62.9 Å². The summed E-state index contributed by atoms with van der Waals surface area (Å²) in [7, 11) is 1.57. The monoisotopic (exact) mass is 343 g/mol. The van der Waals surface area contributed by atoms with Gasteiger partial charge in [-0.3, -0.25) is 14.9 Å². The number of carbonyl (C=O) groups excluding carboxylic acids is 1. The third-order valence-electron chi connectivity index (χ3n) is 3.68. The van der Waals surface area contributed by atoms with E-state index in [0.717, 1.165) is 11.0 Å². The van der Waals surface area contributed by atoms with Crippen LogP contribution in [0.5, 0.6) is 5.75 Å². The molecule has 0 saturated heterocycles. The molecule has 122 valence electrons. The Bertz CT molecular complexity index is 989. The van der Waals surface area contributed by atoms with Gasteiger partial charge in [0.15, 0.2) is 10.6 Å². The SMILES string of the molecule is COc1ccc2c(c1)[nH]c(=S)n2CC(=O)c1ccc([N+](=O)[O-])cc1. The Morgan fingerprint density at radius 2 is 2.00 bits per heavy atom. The smallest absolute Gasteiger partial charge is 0.269 e. The minimum atomic E-state index is -0.503. The molecule has 0 bridgehead atoms. The highest BCUT2D eigenvalue weighted by molar-refractivity contribution is 7.71. The van der Waals surface area contributed by atoms with Crippen LogP contribution in [-0.4, -0.2) is 27.4 Å². The summed E-state index contributed by atoms with van der Waals surface area (Å²) in [5, 5.41) is 10.7. The van der Waals surface area contributed by atoms with Crippen LogP contribution in [0.3, 0.4) is 0 Å². The molecule has 1 aromatic heterocycles. The number of nitrogens with zero attached hydrogens (tertiary/aromatic N) is 2. The Hall–Kier alpha value is -3.00. The number of non-ortho nitro benzene ring substituents is 1. The molecule has 0 radical (unpaired) electrons. The summed E-state index contributed by atoms with van der Waals surface area (Å²) in [5.41, 5.74) is 1.90. The van der Waals surface area contributed by atoms with Crippen LogP contribution in [0.1, 0.15) is 10.4 Å². The first-order valence-corrected chi connectivity index (χ1v) is 7.44. The first kappa shape index (κ1) is 15.9. The topological polar surface area (TPSA) is 90.2 Å². The van der Waals surface area contributed by atoms with E-state index >= 15 is 0 Å². The Morgan fingerprint density at radius 3 is 2.62 bits per heavy atom. The molecule has 0 unspecified atom stereocenters. The highest BCUT2D eigenvalue weighted by Crippen LogP contribution is 2.21. The van der Waals surface area contributed by atoms with E-state index in [1.54, 1.807) is 23.8 Å². The maximum Gasteiger partial charge on any atom is 0.269 e. The number of rotatable bonds is 5. The number of carbonyl (C=O) groups is 1. The summed E-state index contributed by atoms with van der Waals surface area (Å²) in [6.45, 7) is 0.0446. The maximum atomic E-state index is 12.4. The van der Waals surface area contributed by atoms with Gasteiger partial charge in [0.25, 0.3) is 5.69 Å². The molecular formula is C16H13N3O4S. The van der Waals surface area contributed by atoms with Crippen molar-refractivity contribution in [2.75, 3.05) is 7.11 Å². The number of benzene rings is 2. The third kappa shape index (κ3) is 2.91. The van der Waals surface area contributed by atoms with Gasteiger partial charge >= 0.3 is 0 Å². The Labute approximate surface area is 141 Å². The number of ether oxygens (including phenoxy) is 1. The molecule has 8 heteroatoms. The van der Waals surface area contributed by atoms with Gasteiger partial charge in [0.2, 0.25) is 0 Å². The molecule has 1 N–H and O–H groups in total. The van der Waals surface area contributed by atoms with Gasteiger partial charge in [0.05, 0.1) is 29.6 Å². The number of Topliss-reactive ketones (excluding diaryl/α,β-unsaturated/α-hetero) is 1. The summed E-state index contributed by atoms with van der Waals surface area (Å²) >= 11 is 5.28. The van der Waals surface area contributed by atoms with E-state index in [0.29, 0.717) is 16.1 Å². The molecule has 24 heavy (non-hydrogen) atoms. The number of nitro benzene ring substituents is 1. The molecule has 0 fully saturated rings. The van der Waals surface area contributed by atoms with Gasteiger partial charge in [-0.05, 0) is 36.5 Å². The van der Waals surface area contributed by atoms with Gasteiger partial charge in [-0.1, -0.05) is 0 Å². The van der Waals surface area contributed by atoms with Crippen LogP contribution in [0.15, 0.2) is 42.5 Å². The quantitative estimate of drug-likeness (QED) is 0.331. The largest absolute Gasteiger partial charge is 0.497 e. The van der Waals surface area contributed by atoms with Crippen LogP contribution >= 0.6 is 12.2 Å². The summed E-state index contributed by atoms with van der Waals surface area (Å²) in [6, 6.07) is 10.9. The van der Waals surface area contributed by atoms with Crippen LogP contribution in [0.25, 0.3) is 11.0 Å². The lowest BCUT2D eigenvalue weighted by molar-refractivity contribution is -0.384. The fourth-order valence-corrected chi connectivity index (χ4v) is 2.70. The number of nitrogens with one attached hydrogen (secondary N) is 1. The van der Waals surface area contributed by atoms with Gasteiger partial charge in [0, 0.05) is 23.8 Å². The fraction of sp³-hybridized carbons (Fsp3) is 0.125. The van der Waals surface area contributed by atoms with Crippen molar-refractivity contribution in [1.82, 2.24) is 9.55 Å². The summed E-state index contributed by atoms with van der Waals surface area (Å²) < 4.78 is 7.28. The van der Waals surface area contributed by atoms with Gasteiger partial charge in [0.1, 0.15) is 5.75 Å². The highest BCUT2D eigenvalue weighted by atomic mass is 32.1. The van der Waals surface area contributed by atoms with E-state index in [1.807, 2.05) is 6.07 Å². The third-order valence-corrected chi connectivity index (χ3v) is 4.01. The van der Waals surface area contributed by atoms with Crippen LogP contribution in [-0.2, 0) is 6.54 Å². The van der Waals surface area contributed by atoms with Crippen molar-refractivity contribution in [2.24, 2.45) is 0 Å². The number of fused-ring (bicyclic) bond motifs is 1. The molecule has 1 heterocycles. The number of aromatic nitrogens is 2. The first-order chi connectivity index (χ1) is 11.5. The van der Waals surface area contributed by atoms with Gasteiger partial charge in [-0.25, -0.2) is 0 Å². The number of nitro groups is 1. The van der Waals surface area contributed by atoms with Gasteiger partial charge in [-0.15, -0.1) is 0 Å². The second kappa shape index (κ2) is 6.25. The number of aromatic amines is 1. The number of methoxy groups -OCH3 is 1. The molecule has 0 atom stereocenters. The molecule has 0 spiro atoms. The van der Waals surface area contributed by atoms with Crippen LogP contribution in [0.4, 0.5) is 5.69 Å². The van der Waals surface area contributed by atoms with E-state index < -0.39 is 4.92 Å². The number of ketones is 1. The molecule has 0 aliphatic heterocycles. The molecule has 3 aromatic rings. The summed E-state index contributed by atoms with van der Waals surface area (Å²) in [6.07, 6.45) is 0. The van der Waals surface area contributed by atoms with Crippen LogP contribution in [0.2, 0.25) is 0 Å². The average molecular weight is 343 g/mol. The Balaban J connectivity index is 1.91. The fourth-order valence-electron chi connectivity index (χ4n) is 2.43. The van der Waals surface area contributed by atoms with Crippen molar-refractivity contribution < 1.29 is 14.5 Å². The highest BCUT2D eigenvalue weighted by Gasteiger charge is 2.13. The van der Waals surface area contributed by atoms with E-state index in [-0.39, 0.29) is 18.0 Å². The van der Waals surface area contributed by atoms with Gasteiger partial charge in [-0.2, -0.15) is 0 Å². The second-order valence-corrected chi connectivity index (χ2v) is 5.51. The van der Waals surface area contributed by atoms with E-state index in [9.17, 15) is 14.9 Å². The molecule has 0 saturated carbocycles. The van der Waals surface area contributed by atoms with Crippen LogP contribution in [0, 0.1) is 14.9 Å². The van der Waals surface area contributed by atoms with Crippen molar-refractivity contribution in [2.45, 2.75) is 6.54 Å². The van der Waals surface area contributed by atoms with Gasteiger partial charge < -0.3 is 14.3 Å². The number of imidazole rings is 1. The minimum Gasteiger partial charge on any atom is -0.497 e. The maximum absolute atomic E-state index is 12.4. The van der Waals surface area contributed by atoms with Crippen molar-refractivity contribution in [3.8, 4) is 5.75 Å². The predicted molar refractivity (Wildman–Crippen MR) is 91.1 cm³/mol. The van der Waals surface area contributed by atoms with Crippen molar-refractivity contribution >= 4 is 34.7 Å².